The van der Waals surface area contributed by atoms with Gasteiger partial charge >= 0.3 is 0 Å². The first-order chi connectivity index (χ1) is 15.4. The highest BCUT2D eigenvalue weighted by Crippen LogP contribution is 2.32. The molecule has 2 fully saturated rings. The van der Waals surface area contributed by atoms with Crippen LogP contribution in [0.3, 0.4) is 0 Å². The molecule has 0 aromatic carbocycles. The van der Waals surface area contributed by atoms with Crippen molar-refractivity contribution in [2.75, 3.05) is 43.5 Å². The summed E-state index contributed by atoms with van der Waals surface area (Å²) in [5.41, 5.74) is 6.98. The van der Waals surface area contributed by atoms with Crippen molar-refractivity contribution >= 4 is 17.8 Å². The number of aliphatic hydroxyl groups excluding tert-OH is 1. The van der Waals surface area contributed by atoms with E-state index in [1.54, 1.807) is 23.4 Å². The molecule has 0 bridgehead atoms. The highest BCUT2D eigenvalue weighted by Gasteiger charge is 2.38. The van der Waals surface area contributed by atoms with Crippen LogP contribution in [0.25, 0.3) is 11.3 Å². The van der Waals surface area contributed by atoms with E-state index in [-0.39, 0.29) is 30.0 Å². The van der Waals surface area contributed by atoms with Gasteiger partial charge in [-0.2, -0.15) is 4.98 Å². The van der Waals surface area contributed by atoms with E-state index in [2.05, 4.69) is 24.8 Å². The van der Waals surface area contributed by atoms with Gasteiger partial charge in [-0.15, -0.1) is 0 Å². The molecule has 0 atom stereocenters. The number of aromatic nitrogens is 4. The molecule has 1 saturated carbocycles. The molecule has 11 nitrogen and oxygen atoms in total. The number of carbonyl (C=O) groups is 1. The van der Waals surface area contributed by atoms with Crippen LogP contribution in [0, 0.1) is 0 Å². The third-order valence-corrected chi connectivity index (χ3v) is 5.68. The van der Waals surface area contributed by atoms with Gasteiger partial charge in [0.25, 0.3) is 0 Å². The number of amides is 1. The van der Waals surface area contributed by atoms with Crippen molar-refractivity contribution in [3.05, 3.63) is 18.5 Å². The average Bonchev–Trinajstić information content (AvgIpc) is 2.78. The summed E-state index contributed by atoms with van der Waals surface area (Å²) in [7, 11) is 0. The van der Waals surface area contributed by atoms with Crippen LogP contribution in [0.2, 0.25) is 0 Å². The molecule has 2 aliphatic rings. The van der Waals surface area contributed by atoms with Crippen molar-refractivity contribution in [1.29, 1.82) is 0 Å². The number of rotatable bonds is 7. The predicted molar refractivity (Wildman–Crippen MR) is 117 cm³/mol. The molecular weight excluding hydrogens is 414 g/mol. The molecule has 11 heteroatoms. The molecule has 0 radical (unpaired) electrons. The van der Waals surface area contributed by atoms with Crippen LogP contribution in [0.15, 0.2) is 18.5 Å². The van der Waals surface area contributed by atoms with E-state index in [4.69, 9.17) is 15.2 Å². The van der Waals surface area contributed by atoms with Gasteiger partial charge in [-0.3, -0.25) is 4.79 Å². The van der Waals surface area contributed by atoms with Crippen molar-refractivity contribution in [2.45, 2.75) is 44.9 Å². The Morgan fingerprint density at radius 2 is 1.97 bits per heavy atom. The highest BCUT2D eigenvalue weighted by atomic mass is 16.5. The molecular formula is C21H29N7O4. The quantitative estimate of drug-likeness (QED) is 0.621. The molecule has 0 spiro atoms. The second kappa shape index (κ2) is 9.61. The van der Waals surface area contributed by atoms with Gasteiger partial charge in [-0.05, 0) is 13.8 Å². The summed E-state index contributed by atoms with van der Waals surface area (Å²) >= 11 is 0. The molecule has 1 saturated heterocycles. The summed E-state index contributed by atoms with van der Waals surface area (Å²) in [6, 6.07) is 1.83. The van der Waals surface area contributed by atoms with Crippen molar-refractivity contribution in [3.8, 4) is 17.1 Å². The van der Waals surface area contributed by atoms with E-state index in [1.807, 2.05) is 13.8 Å². The Hall–Kier alpha value is -3.05. The van der Waals surface area contributed by atoms with E-state index in [9.17, 15) is 9.90 Å². The van der Waals surface area contributed by atoms with Gasteiger partial charge in [0.05, 0.1) is 18.9 Å². The normalized spacial score (nSPS) is 20.7. The van der Waals surface area contributed by atoms with Crippen LogP contribution in [0.4, 0.5) is 11.9 Å². The zero-order valence-electron chi connectivity index (χ0n) is 18.3. The standard InChI is InChI=1S/C21H29N7O4/c1-13(2)28(19(30)12-29)15-7-16(8-15)32-18-9-17(14-10-23-20(22)24-11-14)25-21(26-18)27-3-5-31-6-4-27/h9-11,13,15-16,29H,3-8,12H2,1-2H3,(H2,22,23,24). The van der Waals surface area contributed by atoms with Crippen molar-refractivity contribution in [3.63, 3.8) is 0 Å². The second-order valence-corrected chi connectivity index (χ2v) is 8.24. The lowest BCUT2D eigenvalue weighted by molar-refractivity contribution is -0.143. The van der Waals surface area contributed by atoms with Gasteiger partial charge in [0.2, 0.25) is 23.7 Å². The average molecular weight is 444 g/mol. The number of nitrogen functional groups attached to an aromatic ring is 1. The Balaban J connectivity index is 1.52. The third kappa shape index (κ3) is 4.89. The molecule has 0 unspecified atom stereocenters. The number of anilines is 2. The summed E-state index contributed by atoms with van der Waals surface area (Å²) in [4.78, 5) is 33.3. The van der Waals surface area contributed by atoms with E-state index in [1.165, 1.54) is 0 Å². The molecule has 4 rings (SSSR count). The van der Waals surface area contributed by atoms with Crippen molar-refractivity contribution in [2.24, 2.45) is 0 Å². The lowest BCUT2D eigenvalue weighted by Gasteiger charge is -2.44. The minimum atomic E-state index is -0.484. The lowest BCUT2D eigenvalue weighted by atomic mass is 9.87. The molecule has 1 aliphatic heterocycles. The van der Waals surface area contributed by atoms with Crippen molar-refractivity contribution < 1.29 is 19.4 Å². The van der Waals surface area contributed by atoms with Crippen LogP contribution >= 0.6 is 0 Å². The van der Waals surface area contributed by atoms with Gasteiger partial charge in [0, 0.05) is 62.0 Å². The van der Waals surface area contributed by atoms with E-state index >= 15 is 0 Å². The lowest BCUT2D eigenvalue weighted by Crippen LogP contribution is -2.54. The van der Waals surface area contributed by atoms with Gasteiger partial charge in [0.1, 0.15) is 12.7 Å². The first-order valence-corrected chi connectivity index (χ1v) is 10.8. The Morgan fingerprint density at radius 3 is 2.59 bits per heavy atom. The number of hydrogen-bond acceptors (Lipinski definition) is 10. The number of ether oxygens (including phenoxy) is 2. The summed E-state index contributed by atoms with van der Waals surface area (Å²) in [6.07, 6.45) is 4.54. The second-order valence-electron chi connectivity index (χ2n) is 8.24. The van der Waals surface area contributed by atoms with Gasteiger partial charge in [0.15, 0.2) is 0 Å². The fraction of sp³-hybridized carbons (Fsp3) is 0.571. The Kier molecular flexibility index (Phi) is 6.66. The maximum absolute atomic E-state index is 12.1. The largest absolute Gasteiger partial charge is 0.474 e. The number of hydrogen-bond donors (Lipinski definition) is 2. The zero-order chi connectivity index (χ0) is 22.7. The van der Waals surface area contributed by atoms with E-state index in [0.29, 0.717) is 62.2 Å². The number of nitrogens with zero attached hydrogens (tertiary/aromatic N) is 6. The van der Waals surface area contributed by atoms with Crippen LogP contribution < -0.4 is 15.4 Å². The molecule has 3 N–H and O–H groups in total. The molecule has 172 valence electrons. The van der Waals surface area contributed by atoms with Crippen LogP contribution in [-0.2, 0) is 9.53 Å². The SMILES string of the molecule is CC(C)N(C(=O)CO)C1CC(Oc2cc(-c3cnc(N)nc3)nc(N3CCOCC3)n2)C1. The minimum absolute atomic E-state index is 0.0182. The number of nitrogens with two attached hydrogens (primary N) is 1. The molecule has 2 aromatic heterocycles. The topological polar surface area (TPSA) is 140 Å². The summed E-state index contributed by atoms with van der Waals surface area (Å²) in [5, 5.41) is 9.26. The smallest absolute Gasteiger partial charge is 0.248 e. The Labute approximate surface area is 186 Å². The van der Waals surface area contributed by atoms with Gasteiger partial charge in [-0.25, -0.2) is 15.0 Å². The minimum Gasteiger partial charge on any atom is -0.474 e. The molecule has 32 heavy (non-hydrogen) atoms. The van der Waals surface area contributed by atoms with Gasteiger partial charge < -0.3 is 30.1 Å². The Bertz CT molecular complexity index is 928. The fourth-order valence-corrected chi connectivity index (χ4v) is 4.02. The summed E-state index contributed by atoms with van der Waals surface area (Å²) in [5.74, 6) is 0.958. The number of morpholine rings is 1. The summed E-state index contributed by atoms with van der Waals surface area (Å²) in [6.45, 7) is 6.02. The zero-order valence-corrected chi connectivity index (χ0v) is 18.3. The monoisotopic (exact) mass is 443 g/mol. The number of aliphatic hydroxyl groups is 1. The Morgan fingerprint density at radius 1 is 1.28 bits per heavy atom. The summed E-state index contributed by atoms with van der Waals surface area (Å²) < 4.78 is 11.6. The fourth-order valence-electron chi connectivity index (χ4n) is 4.02. The van der Waals surface area contributed by atoms with Crippen molar-refractivity contribution in [1.82, 2.24) is 24.8 Å². The molecule has 3 heterocycles. The van der Waals surface area contributed by atoms with Crippen LogP contribution in [0.1, 0.15) is 26.7 Å². The molecule has 2 aromatic rings. The van der Waals surface area contributed by atoms with Crippen LogP contribution in [-0.4, -0.2) is 86.9 Å². The first kappa shape index (κ1) is 22.2. The van der Waals surface area contributed by atoms with E-state index in [0.717, 1.165) is 0 Å². The van der Waals surface area contributed by atoms with Gasteiger partial charge in [-0.1, -0.05) is 0 Å². The first-order valence-electron chi connectivity index (χ1n) is 10.8. The predicted octanol–water partition coefficient (Wildman–Crippen LogP) is 0.492. The molecule has 1 aliphatic carbocycles. The maximum atomic E-state index is 12.1. The third-order valence-electron chi connectivity index (χ3n) is 5.68. The maximum Gasteiger partial charge on any atom is 0.248 e. The molecule has 1 amide bonds. The highest BCUT2D eigenvalue weighted by molar-refractivity contribution is 5.78. The number of carbonyl (C=O) groups excluding carboxylic acids is 1. The van der Waals surface area contributed by atoms with Crippen LogP contribution in [0.5, 0.6) is 5.88 Å². The van der Waals surface area contributed by atoms with E-state index < -0.39 is 6.61 Å².